The van der Waals surface area contributed by atoms with Crippen LogP contribution in [-0.4, -0.2) is 34.4 Å². The van der Waals surface area contributed by atoms with Crippen molar-refractivity contribution in [3.8, 4) is 0 Å². The maximum atomic E-state index is 13.0. The van der Waals surface area contributed by atoms with Crippen LogP contribution in [0.25, 0.3) is 0 Å². The van der Waals surface area contributed by atoms with Crippen molar-refractivity contribution in [3.05, 3.63) is 24.0 Å². The lowest BCUT2D eigenvalue weighted by molar-refractivity contribution is -0.139. The van der Waals surface area contributed by atoms with Crippen molar-refractivity contribution < 1.29 is 4.79 Å². The Kier molecular flexibility index (Phi) is 3.35. The van der Waals surface area contributed by atoms with E-state index >= 15 is 0 Å². The molecule has 0 spiro atoms. The quantitative estimate of drug-likeness (QED) is 0.876. The van der Waals surface area contributed by atoms with Gasteiger partial charge in [-0.15, -0.1) is 0 Å². The average Bonchev–Trinajstić information content (AvgIpc) is 3.17. The summed E-state index contributed by atoms with van der Waals surface area (Å²) in [5.74, 6) is 0.310. The van der Waals surface area contributed by atoms with Crippen molar-refractivity contribution in [1.82, 2.24) is 15.2 Å². The largest absolute Gasteiger partial charge is 0.363 e. The molecule has 2 N–H and O–H groups in total. The number of nitrogens with zero attached hydrogens (tertiary/aromatic N) is 1. The fourth-order valence-electron chi connectivity index (χ4n) is 3.60. The first-order valence-corrected chi connectivity index (χ1v) is 7.46. The number of aromatic nitrogens is 1. The van der Waals surface area contributed by atoms with Crippen LogP contribution in [0.2, 0.25) is 0 Å². The van der Waals surface area contributed by atoms with Gasteiger partial charge in [-0.05, 0) is 50.8 Å². The second-order valence-electron chi connectivity index (χ2n) is 5.75. The molecule has 0 radical (unpaired) electrons. The van der Waals surface area contributed by atoms with Gasteiger partial charge in [0.05, 0.1) is 11.6 Å². The molecule has 4 nitrogen and oxygen atoms in total. The molecule has 2 aliphatic rings. The number of amides is 1. The van der Waals surface area contributed by atoms with E-state index in [-0.39, 0.29) is 11.6 Å². The molecule has 2 aliphatic heterocycles. The molecule has 104 valence electrons. The Morgan fingerprint density at radius 3 is 3.05 bits per heavy atom. The van der Waals surface area contributed by atoms with Crippen LogP contribution in [0.4, 0.5) is 0 Å². The van der Waals surface area contributed by atoms with Gasteiger partial charge in [0.15, 0.2) is 0 Å². The molecule has 0 aromatic carbocycles. The number of nitrogens with one attached hydrogen (secondary N) is 2. The lowest BCUT2D eigenvalue weighted by atomic mass is 9.92. The van der Waals surface area contributed by atoms with Crippen LogP contribution >= 0.6 is 0 Å². The molecule has 4 heteroatoms. The van der Waals surface area contributed by atoms with Crippen LogP contribution in [-0.2, 0) is 4.79 Å². The SMILES string of the molecule is CCC1(C(=O)N2CCCC2c2ccc[nH]2)CCCN1. The van der Waals surface area contributed by atoms with Crippen molar-refractivity contribution >= 4 is 5.91 Å². The monoisotopic (exact) mass is 261 g/mol. The van der Waals surface area contributed by atoms with Gasteiger partial charge in [-0.1, -0.05) is 6.92 Å². The van der Waals surface area contributed by atoms with E-state index in [9.17, 15) is 4.79 Å². The van der Waals surface area contributed by atoms with Crippen LogP contribution in [0.3, 0.4) is 0 Å². The number of hydrogen-bond donors (Lipinski definition) is 2. The number of carbonyl (C=O) groups excluding carboxylic acids is 1. The molecule has 0 aliphatic carbocycles. The van der Waals surface area contributed by atoms with Crippen LogP contribution < -0.4 is 5.32 Å². The van der Waals surface area contributed by atoms with Gasteiger partial charge in [0, 0.05) is 18.4 Å². The highest BCUT2D eigenvalue weighted by Gasteiger charge is 2.45. The van der Waals surface area contributed by atoms with Gasteiger partial charge in [-0.25, -0.2) is 0 Å². The molecule has 2 fully saturated rings. The summed E-state index contributed by atoms with van der Waals surface area (Å²) in [4.78, 5) is 18.3. The van der Waals surface area contributed by atoms with Crippen molar-refractivity contribution in [2.45, 2.75) is 50.6 Å². The minimum Gasteiger partial charge on any atom is -0.363 e. The number of carbonyl (C=O) groups is 1. The molecular formula is C15H23N3O. The Balaban J connectivity index is 1.82. The molecule has 0 bridgehead atoms. The van der Waals surface area contributed by atoms with E-state index in [0.29, 0.717) is 5.91 Å². The van der Waals surface area contributed by atoms with Crippen molar-refractivity contribution in [2.75, 3.05) is 13.1 Å². The first kappa shape index (κ1) is 12.7. The minimum absolute atomic E-state index is 0.244. The van der Waals surface area contributed by atoms with E-state index in [1.165, 1.54) is 5.69 Å². The summed E-state index contributed by atoms with van der Waals surface area (Å²) < 4.78 is 0. The summed E-state index contributed by atoms with van der Waals surface area (Å²) in [5.41, 5.74) is 0.880. The van der Waals surface area contributed by atoms with Crippen molar-refractivity contribution in [2.24, 2.45) is 0 Å². The average molecular weight is 261 g/mol. The fraction of sp³-hybridized carbons (Fsp3) is 0.667. The summed E-state index contributed by atoms with van der Waals surface area (Å²) in [6, 6.07) is 4.35. The van der Waals surface area contributed by atoms with Crippen LogP contribution in [0.1, 0.15) is 50.8 Å². The molecule has 1 amide bonds. The Morgan fingerprint density at radius 1 is 1.53 bits per heavy atom. The predicted molar refractivity (Wildman–Crippen MR) is 74.7 cm³/mol. The third kappa shape index (κ3) is 2.08. The summed E-state index contributed by atoms with van der Waals surface area (Å²) in [7, 11) is 0. The summed E-state index contributed by atoms with van der Waals surface area (Å²) >= 11 is 0. The zero-order valence-electron chi connectivity index (χ0n) is 11.6. The van der Waals surface area contributed by atoms with Gasteiger partial charge in [0.1, 0.15) is 0 Å². The molecule has 3 rings (SSSR count). The van der Waals surface area contributed by atoms with Crippen LogP contribution in [0.15, 0.2) is 18.3 Å². The van der Waals surface area contributed by atoms with E-state index in [1.807, 2.05) is 12.3 Å². The summed E-state index contributed by atoms with van der Waals surface area (Å²) in [6.45, 7) is 3.99. The Morgan fingerprint density at radius 2 is 2.42 bits per heavy atom. The van der Waals surface area contributed by atoms with Gasteiger partial charge >= 0.3 is 0 Å². The van der Waals surface area contributed by atoms with Gasteiger partial charge in [0.2, 0.25) is 5.91 Å². The molecule has 1 aromatic rings. The first-order valence-electron chi connectivity index (χ1n) is 7.46. The second kappa shape index (κ2) is 5.00. The lowest BCUT2D eigenvalue weighted by Crippen LogP contribution is -2.54. The zero-order chi connectivity index (χ0) is 13.3. The summed E-state index contributed by atoms with van der Waals surface area (Å²) in [6.07, 6.45) is 7.11. The second-order valence-corrected chi connectivity index (χ2v) is 5.75. The third-order valence-electron chi connectivity index (χ3n) is 4.75. The molecule has 2 unspecified atom stereocenters. The van der Waals surface area contributed by atoms with Gasteiger partial charge in [0.25, 0.3) is 0 Å². The number of rotatable bonds is 3. The van der Waals surface area contributed by atoms with Gasteiger partial charge in [-0.3, -0.25) is 4.79 Å². The first-order chi connectivity index (χ1) is 9.27. The maximum absolute atomic E-state index is 13.0. The molecule has 19 heavy (non-hydrogen) atoms. The van der Waals surface area contributed by atoms with Crippen molar-refractivity contribution in [1.29, 1.82) is 0 Å². The zero-order valence-corrected chi connectivity index (χ0v) is 11.6. The number of hydrogen-bond acceptors (Lipinski definition) is 2. The van der Waals surface area contributed by atoms with Crippen molar-refractivity contribution in [3.63, 3.8) is 0 Å². The molecule has 2 saturated heterocycles. The standard InChI is InChI=1S/C15H23N3O/c1-2-15(8-5-10-17-15)14(19)18-11-4-7-13(18)12-6-3-9-16-12/h3,6,9,13,16-17H,2,4-5,7-8,10-11H2,1H3. The fourth-order valence-corrected chi connectivity index (χ4v) is 3.60. The highest BCUT2D eigenvalue weighted by Crippen LogP contribution is 2.35. The highest BCUT2D eigenvalue weighted by atomic mass is 16.2. The Bertz CT molecular complexity index is 434. The molecule has 1 aromatic heterocycles. The number of H-pyrrole nitrogens is 1. The van der Waals surface area contributed by atoms with Crippen LogP contribution in [0.5, 0.6) is 0 Å². The van der Waals surface area contributed by atoms with E-state index in [0.717, 1.165) is 45.2 Å². The Labute approximate surface area is 114 Å². The van der Waals surface area contributed by atoms with E-state index < -0.39 is 0 Å². The Hall–Kier alpha value is -1.29. The number of aromatic amines is 1. The molecular weight excluding hydrogens is 238 g/mol. The summed E-state index contributed by atoms with van der Waals surface area (Å²) in [5, 5.41) is 3.46. The lowest BCUT2D eigenvalue weighted by Gasteiger charge is -2.34. The van der Waals surface area contributed by atoms with Gasteiger partial charge in [-0.2, -0.15) is 0 Å². The third-order valence-corrected chi connectivity index (χ3v) is 4.75. The topological polar surface area (TPSA) is 48.1 Å². The van der Waals surface area contributed by atoms with E-state index in [2.05, 4.69) is 28.2 Å². The number of likely N-dealkylation sites (tertiary alicyclic amines) is 1. The highest BCUT2D eigenvalue weighted by molar-refractivity contribution is 5.87. The minimum atomic E-state index is -0.296. The normalized spacial score (nSPS) is 31.0. The maximum Gasteiger partial charge on any atom is 0.243 e. The molecule has 2 atom stereocenters. The molecule has 3 heterocycles. The smallest absolute Gasteiger partial charge is 0.243 e. The van der Waals surface area contributed by atoms with E-state index in [1.54, 1.807) is 0 Å². The van der Waals surface area contributed by atoms with E-state index in [4.69, 9.17) is 0 Å². The molecule has 0 saturated carbocycles. The van der Waals surface area contributed by atoms with Crippen LogP contribution in [0, 0.1) is 0 Å². The predicted octanol–water partition coefficient (Wildman–Crippen LogP) is 2.21. The van der Waals surface area contributed by atoms with Gasteiger partial charge < -0.3 is 15.2 Å².